The van der Waals surface area contributed by atoms with E-state index < -0.39 is 46.3 Å². The number of pyridine rings is 1. The van der Waals surface area contributed by atoms with Crippen LogP contribution in [0, 0.1) is 11.3 Å². The Bertz CT molecular complexity index is 1750. The first-order valence-electron chi connectivity index (χ1n) is 12.5. The number of rotatable bonds is 12. The summed E-state index contributed by atoms with van der Waals surface area (Å²) in [5.41, 5.74) is -3.07. The molecule has 4 aromatic rings. The highest BCUT2D eigenvalue weighted by atomic mass is 32.2. The molecule has 0 saturated heterocycles. The lowest BCUT2D eigenvalue weighted by Gasteiger charge is -2.38. The number of nitrogens with zero attached hydrogens (tertiary/aromatic N) is 2. The van der Waals surface area contributed by atoms with Crippen LogP contribution < -0.4 is 23.8 Å². The van der Waals surface area contributed by atoms with Crippen LogP contribution in [0.1, 0.15) is 41.7 Å². The van der Waals surface area contributed by atoms with E-state index >= 15 is 0 Å². The highest BCUT2D eigenvalue weighted by Gasteiger charge is 2.35. The molecule has 0 fully saturated rings. The number of fused-ring (bicyclic) bond motifs is 1. The molecule has 2 heterocycles. The van der Waals surface area contributed by atoms with Crippen molar-refractivity contribution in [2.24, 2.45) is 0 Å². The number of thiophene rings is 1. The van der Waals surface area contributed by atoms with E-state index in [1.807, 2.05) is 30.6 Å². The molecule has 1 N–H and O–H groups in total. The first-order valence-corrected chi connectivity index (χ1v) is 16.4. The monoisotopic (exact) mass is 638 g/mol. The maximum atomic E-state index is 13.4. The summed E-state index contributed by atoms with van der Waals surface area (Å²) in [5.74, 6) is -2.04. The Morgan fingerprint density at radius 2 is 1.79 bits per heavy atom. The van der Waals surface area contributed by atoms with E-state index in [9.17, 15) is 35.9 Å². The number of sulfonamides is 1. The number of hydrogen-bond acceptors (Lipinski definition) is 8. The number of nitriles is 1. The summed E-state index contributed by atoms with van der Waals surface area (Å²) in [7, 11) is -10.5. The number of nitrogens with one attached hydrogen (secondary N) is 1. The number of halogens is 3. The average Bonchev–Trinajstić information content (AvgIpc) is 3.37. The zero-order valence-electron chi connectivity index (χ0n) is 21.8. The van der Waals surface area contributed by atoms with E-state index in [-0.39, 0.29) is 10.3 Å². The van der Waals surface area contributed by atoms with Crippen molar-refractivity contribution in [3.63, 3.8) is 0 Å². The van der Waals surface area contributed by atoms with Crippen LogP contribution in [-0.4, -0.2) is 15.0 Å². The molecule has 9 nitrogen and oxygen atoms in total. The van der Waals surface area contributed by atoms with Crippen LogP contribution in [0.2, 0.25) is 0 Å². The summed E-state index contributed by atoms with van der Waals surface area (Å²) in [6.45, 7) is 1.33. The van der Waals surface area contributed by atoms with E-state index in [1.165, 1.54) is 12.1 Å². The summed E-state index contributed by atoms with van der Waals surface area (Å²) >= 11 is 0.775. The van der Waals surface area contributed by atoms with E-state index in [0.29, 0.717) is 28.5 Å². The second-order valence-corrected chi connectivity index (χ2v) is 13.9. The van der Waals surface area contributed by atoms with Crippen LogP contribution in [0.3, 0.4) is 0 Å². The van der Waals surface area contributed by atoms with Gasteiger partial charge in [0.05, 0.1) is 29.6 Å². The molecule has 0 aliphatic rings. The molecule has 0 amide bonds. The lowest BCUT2D eigenvalue weighted by Crippen LogP contribution is -2.35. The lowest BCUT2D eigenvalue weighted by atomic mass is 10.0. The minimum atomic E-state index is -5.85. The fourth-order valence-electron chi connectivity index (χ4n) is 4.14. The number of unbranched alkanes of at least 4 members (excludes halogenated alkanes) is 2. The predicted octanol–water partition coefficient (Wildman–Crippen LogP) is 4.22. The number of ether oxygens (including phenoxy) is 1. The Hall–Kier alpha value is -3.31. The van der Waals surface area contributed by atoms with Gasteiger partial charge in [0.25, 0.3) is 10.0 Å². The van der Waals surface area contributed by atoms with Crippen molar-refractivity contribution in [3.8, 4) is 11.8 Å². The molecule has 222 valence electrons. The number of alkyl halides is 3. The summed E-state index contributed by atoms with van der Waals surface area (Å²) in [4.78, 5) is 24.0. The molecular weight excluding hydrogens is 614 g/mol. The number of aryl methyl sites for hydroxylation is 1. The minimum absolute atomic E-state index is 0.281. The van der Waals surface area contributed by atoms with Crippen LogP contribution in [0.4, 0.5) is 13.2 Å². The van der Waals surface area contributed by atoms with Gasteiger partial charge < -0.3 is 19.1 Å². The van der Waals surface area contributed by atoms with Gasteiger partial charge in [-0.15, -0.1) is 11.3 Å². The van der Waals surface area contributed by atoms with Crippen LogP contribution in [-0.2, 0) is 27.3 Å². The third-order valence-electron chi connectivity index (χ3n) is 6.21. The van der Waals surface area contributed by atoms with Gasteiger partial charge in [0.15, 0.2) is 12.4 Å². The van der Waals surface area contributed by atoms with Crippen molar-refractivity contribution in [3.05, 3.63) is 89.7 Å². The van der Waals surface area contributed by atoms with E-state index in [1.54, 1.807) is 22.9 Å². The molecule has 4 rings (SSSR count). The number of aromatic nitrogens is 1. The molecule has 0 radical (unpaired) electrons. The van der Waals surface area contributed by atoms with E-state index in [4.69, 9.17) is 10.00 Å². The van der Waals surface area contributed by atoms with Gasteiger partial charge in [0, 0.05) is 23.3 Å². The fourth-order valence-corrected chi connectivity index (χ4v) is 8.10. The quantitative estimate of drug-likeness (QED) is 0.139. The van der Waals surface area contributed by atoms with Gasteiger partial charge in [0.2, 0.25) is 0 Å². The zero-order chi connectivity index (χ0) is 30.5. The Morgan fingerprint density at radius 3 is 2.45 bits per heavy atom. The van der Waals surface area contributed by atoms with Gasteiger partial charge in [-0.05, 0) is 67.8 Å². The largest absolute Gasteiger partial charge is 0.809 e. The predicted molar refractivity (Wildman–Crippen MR) is 145 cm³/mol. The first kappa shape index (κ1) is 31.6. The van der Waals surface area contributed by atoms with Gasteiger partial charge in [-0.2, -0.15) is 23.2 Å². The molecule has 0 bridgehead atoms. The van der Waals surface area contributed by atoms with Crippen molar-refractivity contribution >= 4 is 39.0 Å². The Kier molecular flexibility index (Phi) is 9.72. The van der Waals surface area contributed by atoms with Gasteiger partial charge in [0.1, 0.15) is 16.5 Å². The molecule has 0 saturated carbocycles. The Labute approximate surface area is 244 Å². The lowest BCUT2D eigenvalue weighted by molar-refractivity contribution is -0.697. The van der Waals surface area contributed by atoms with Gasteiger partial charge in [-0.25, -0.2) is 13.0 Å². The molecule has 42 heavy (non-hydrogen) atoms. The molecule has 0 aliphatic carbocycles. The minimum Gasteiger partial charge on any atom is -0.809 e. The maximum Gasteiger partial charge on any atom is 0.417 e. The van der Waals surface area contributed by atoms with E-state index in [2.05, 4.69) is 4.57 Å². The van der Waals surface area contributed by atoms with Gasteiger partial charge in [-0.1, -0.05) is 12.1 Å². The molecule has 15 heteroatoms. The molecule has 0 aliphatic heterocycles. The molecule has 2 aromatic heterocycles. The van der Waals surface area contributed by atoms with Crippen LogP contribution in [0.15, 0.2) is 77.3 Å². The van der Waals surface area contributed by atoms with Gasteiger partial charge >= 0.3 is 6.18 Å². The standard InChI is InChI=1S/C27H25F3N3O6PS2/c28-27(29,30)23-15-20(7-8-21(23)18-31)26(40(34,35)36)32-42(37,38)25-16-19-9-10-22(17-24(19)41-25)39-14-6-2-5-13-33-11-3-1-4-12-33/h1,3-4,7-12,15-17,26,32H,2,5-6,13-14H2,(H-,34,35,36)/p-1. The normalized spacial score (nSPS) is 13.1. The van der Waals surface area contributed by atoms with E-state index in [0.717, 1.165) is 43.2 Å². The van der Waals surface area contributed by atoms with Crippen molar-refractivity contribution in [2.75, 3.05) is 6.61 Å². The van der Waals surface area contributed by atoms with Crippen molar-refractivity contribution in [1.82, 2.24) is 4.72 Å². The van der Waals surface area contributed by atoms with Crippen molar-refractivity contribution in [2.45, 2.75) is 42.0 Å². The van der Waals surface area contributed by atoms with Crippen molar-refractivity contribution in [1.29, 1.82) is 5.26 Å². The van der Waals surface area contributed by atoms with Gasteiger partial charge in [-0.3, -0.25) is 0 Å². The smallest absolute Gasteiger partial charge is 0.417 e. The number of benzene rings is 2. The summed E-state index contributed by atoms with van der Waals surface area (Å²) in [6.07, 6.45) is 1.65. The maximum absolute atomic E-state index is 13.4. The van der Waals surface area contributed by atoms with Crippen molar-refractivity contribution < 1.29 is 45.2 Å². The van der Waals surface area contributed by atoms with Crippen LogP contribution in [0.5, 0.6) is 5.75 Å². The number of hydrogen-bond donors (Lipinski definition) is 1. The highest BCUT2D eigenvalue weighted by Crippen LogP contribution is 2.45. The molecule has 2 aromatic carbocycles. The molecule has 0 spiro atoms. The second-order valence-electron chi connectivity index (χ2n) is 9.27. The Balaban J connectivity index is 1.46. The molecule has 1 atom stereocenters. The Morgan fingerprint density at radius 1 is 1.05 bits per heavy atom. The zero-order valence-corrected chi connectivity index (χ0v) is 24.3. The third kappa shape index (κ3) is 7.95. The average molecular weight is 639 g/mol. The SMILES string of the molecule is N#Cc1ccc(C(NS(=O)(=O)c2cc3ccc(OCCCCC[n+]4ccccc4)cc3s2)P(=O)([O-])[O-])cc1C(F)(F)F. The first-order chi connectivity index (χ1) is 19.8. The summed E-state index contributed by atoms with van der Waals surface area (Å²) < 4.78 is 88.1. The fraction of sp³-hybridized carbons (Fsp3) is 0.259. The summed E-state index contributed by atoms with van der Waals surface area (Å²) in [5, 5.41) is 9.46. The third-order valence-corrected chi connectivity index (χ3v) is 10.4. The summed E-state index contributed by atoms with van der Waals surface area (Å²) in [6, 6.07) is 15.1. The second kappa shape index (κ2) is 12.9. The topological polar surface area (TPSA) is 146 Å². The highest BCUT2D eigenvalue weighted by molar-refractivity contribution is 7.92. The van der Waals surface area contributed by atoms with Crippen LogP contribution >= 0.6 is 18.9 Å². The molecule has 1 unspecified atom stereocenters. The van der Waals surface area contributed by atoms with Crippen LogP contribution in [0.25, 0.3) is 10.1 Å². The molecular formula is C27H24F3N3O6PS2-.